The van der Waals surface area contributed by atoms with Crippen LogP contribution in [0.1, 0.15) is 36.2 Å². The van der Waals surface area contributed by atoms with Gasteiger partial charge in [-0.3, -0.25) is 9.48 Å². The number of nitrogens with zero attached hydrogens (tertiary/aromatic N) is 2. The van der Waals surface area contributed by atoms with Crippen molar-refractivity contribution >= 4 is 15.7 Å². The lowest BCUT2D eigenvalue weighted by Crippen LogP contribution is -2.39. The summed E-state index contributed by atoms with van der Waals surface area (Å²) in [5, 5.41) is 13.5. The largest absolute Gasteiger partial charge is 0.396 e. The van der Waals surface area contributed by atoms with Crippen LogP contribution in [0, 0.1) is 5.41 Å². The van der Waals surface area contributed by atoms with Crippen LogP contribution in [0.4, 0.5) is 0 Å². The van der Waals surface area contributed by atoms with E-state index in [1.54, 1.807) is 10.9 Å². The molecule has 0 saturated heterocycles. The highest BCUT2D eigenvalue weighted by Crippen LogP contribution is 2.39. The Kier molecular flexibility index (Phi) is 4.38. The number of amides is 1. The highest BCUT2D eigenvalue weighted by atomic mass is 32.2. The zero-order valence-electron chi connectivity index (χ0n) is 12.0. The number of carbonyl (C=O) groups excluding carboxylic acids is 1. The molecule has 1 aromatic rings. The summed E-state index contributed by atoms with van der Waals surface area (Å²) in [4.78, 5) is 11.0. The molecule has 1 amide bonds. The zero-order valence-corrected chi connectivity index (χ0v) is 12.8. The van der Waals surface area contributed by atoms with Gasteiger partial charge in [-0.25, -0.2) is 8.42 Å². The number of primary amides is 1. The number of carbonyl (C=O) groups is 1. The maximum Gasteiger partial charge on any atom is 0.269 e. The monoisotopic (exact) mass is 315 g/mol. The molecule has 0 atom stereocenters. The second-order valence-electron chi connectivity index (χ2n) is 5.95. The predicted molar refractivity (Wildman–Crippen MR) is 77.4 cm³/mol. The summed E-state index contributed by atoms with van der Waals surface area (Å²) in [7, 11) is -3.03. The summed E-state index contributed by atoms with van der Waals surface area (Å²) in [5.41, 5.74) is 4.96. The van der Waals surface area contributed by atoms with E-state index in [2.05, 4.69) is 5.10 Å². The molecule has 0 spiro atoms. The molecule has 0 radical (unpaired) electrons. The highest BCUT2D eigenvalue weighted by Gasteiger charge is 2.38. The number of hydrogen-bond acceptors (Lipinski definition) is 5. The Bertz CT molecular complexity index is 615. The lowest BCUT2D eigenvalue weighted by Gasteiger charge is -2.38. The van der Waals surface area contributed by atoms with Gasteiger partial charge in [-0.05, 0) is 31.7 Å². The Balaban J connectivity index is 2.08. The van der Waals surface area contributed by atoms with Crippen molar-refractivity contribution < 1.29 is 18.3 Å². The van der Waals surface area contributed by atoms with Crippen LogP contribution >= 0.6 is 0 Å². The maximum atomic E-state index is 11.6. The fourth-order valence-corrected chi connectivity index (χ4v) is 4.01. The van der Waals surface area contributed by atoms with Crippen LogP contribution in [0.25, 0.3) is 0 Å². The summed E-state index contributed by atoms with van der Waals surface area (Å²) in [6.07, 6.45) is 5.24. The van der Waals surface area contributed by atoms with Crippen LogP contribution in [0.15, 0.2) is 12.3 Å². The van der Waals surface area contributed by atoms with Gasteiger partial charge < -0.3 is 10.8 Å². The molecular weight excluding hydrogens is 294 g/mol. The zero-order chi connectivity index (χ0) is 15.7. The van der Waals surface area contributed by atoms with Gasteiger partial charge in [0.1, 0.15) is 15.5 Å². The highest BCUT2D eigenvalue weighted by molar-refractivity contribution is 7.91. The molecule has 1 aromatic heterocycles. The number of nitrogens with two attached hydrogens (primary N) is 1. The lowest BCUT2D eigenvalue weighted by atomic mass is 9.74. The van der Waals surface area contributed by atoms with Crippen molar-refractivity contribution in [3.8, 4) is 0 Å². The smallest absolute Gasteiger partial charge is 0.269 e. The third-order valence-corrected chi connectivity index (χ3v) is 6.01. The average molecular weight is 315 g/mol. The molecule has 7 nitrogen and oxygen atoms in total. The summed E-state index contributed by atoms with van der Waals surface area (Å²) in [6, 6.07) is 1.54. The first-order valence-electron chi connectivity index (χ1n) is 6.89. The standard InChI is InChI=1S/C13H21N3O4S/c1-21(19,20)10-2-5-13(9-17,6-3-10)8-16-7-4-11(15-16)12(14)18/h4,7,10,17H,2-3,5-6,8-9H2,1H3,(H2,14,18). The van der Waals surface area contributed by atoms with Crippen molar-refractivity contribution in [2.45, 2.75) is 37.5 Å². The lowest BCUT2D eigenvalue weighted by molar-refractivity contribution is 0.0618. The molecule has 118 valence electrons. The van der Waals surface area contributed by atoms with Crippen LogP contribution in [-0.4, -0.2) is 47.3 Å². The molecule has 1 aliphatic rings. The molecule has 1 fully saturated rings. The van der Waals surface area contributed by atoms with Crippen molar-refractivity contribution in [1.29, 1.82) is 0 Å². The summed E-state index contributed by atoms with van der Waals surface area (Å²) in [6.45, 7) is 0.419. The van der Waals surface area contributed by atoms with Gasteiger partial charge in [0.2, 0.25) is 0 Å². The number of sulfone groups is 1. The Morgan fingerprint density at radius 3 is 2.57 bits per heavy atom. The van der Waals surface area contributed by atoms with E-state index in [1.165, 1.54) is 12.3 Å². The SMILES string of the molecule is CS(=O)(=O)C1CCC(CO)(Cn2ccc(C(N)=O)n2)CC1. The van der Waals surface area contributed by atoms with Crippen LogP contribution in [-0.2, 0) is 16.4 Å². The molecule has 21 heavy (non-hydrogen) atoms. The molecule has 2 rings (SSSR count). The van der Waals surface area contributed by atoms with Gasteiger partial charge in [0.05, 0.1) is 11.9 Å². The van der Waals surface area contributed by atoms with Gasteiger partial charge in [-0.15, -0.1) is 0 Å². The molecule has 1 heterocycles. The number of aromatic nitrogens is 2. The van der Waals surface area contributed by atoms with Crippen molar-refractivity contribution in [3.05, 3.63) is 18.0 Å². The molecule has 0 unspecified atom stereocenters. The van der Waals surface area contributed by atoms with Gasteiger partial charge in [0, 0.05) is 24.4 Å². The van der Waals surface area contributed by atoms with Gasteiger partial charge in [-0.1, -0.05) is 0 Å². The van der Waals surface area contributed by atoms with Gasteiger partial charge in [0.25, 0.3) is 5.91 Å². The third kappa shape index (κ3) is 3.62. The van der Waals surface area contributed by atoms with Crippen molar-refractivity contribution in [2.24, 2.45) is 11.1 Å². The minimum atomic E-state index is -3.03. The van der Waals surface area contributed by atoms with Crippen molar-refractivity contribution in [2.75, 3.05) is 12.9 Å². The van der Waals surface area contributed by atoms with Gasteiger partial charge in [-0.2, -0.15) is 5.10 Å². The fraction of sp³-hybridized carbons (Fsp3) is 0.692. The van der Waals surface area contributed by atoms with E-state index < -0.39 is 15.7 Å². The minimum Gasteiger partial charge on any atom is -0.396 e. The summed E-state index contributed by atoms with van der Waals surface area (Å²) in [5.74, 6) is -0.590. The van der Waals surface area contributed by atoms with E-state index in [9.17, 15) is 18.3 Å². The Morgan fingerprint density at radius 1 is 1.52 bits per heavy atom. The molecule has 8 heteroatoms. The first-order chi connectivity index (χ1) is 9.76. The first kappa shape index (κ1) is 16.0. The minimum absolute atomic E-state index is 0.0325. The Hall–Kier alpha value is -1.41. The number of rotatable bonds is 5. The van der Waals surface area contributed by atoms with E-state index in [0.717, 1.165) is 0 Å². The van der Waals surface area contributed by atoms with E-state index in [-0.39, 0.29) is 23.0 Å². The molecule has 3 N–H and O–H groups in total. The van der Waals surface area contributed by atoms with Crippen LogP contribution in [0.5, 0.6) is 0 Å². The molecule has 1 aliphatic carbocycles. The maximum absolute atomic E-state index is 11.6. The average Bonchev–Trinajstić information content (AvgIpc) is 2.87. The van der Waals surface area contributed by atoms with E-state index >= 15 is 0 Å². The Labute approximate surface area is 124 Å². The number of aliphatic hydroxyl groups is 1. The van der Waals surface area contributed by atoms with Gasteiger partial charge in [0.15, 0.2) is 0 Å². The number of aliphatic hydroxyl groups excluding tert-OH is 1. The number of hydrogen-bond donors (Lipinski definition) is 2. The summed E-state index contributed by atoms with van der Waals surface area (Å²) < 4.78 is 24.8. The second-order valence-corrected chi connectivity index (χ2v) is 8.28. The predicted octanol–water partition coefficient (Wildman–Crippen LogP) is -0.0521. The van der Waals surface area contributed by atoms with Crippen LogP contribution < -0.4 is 5.73 Å². The molecular formula is C13H21N3O4S. The normalized spacial score (nSPS) is 26.7. The molecule has 0 aromatic carbocycles. The first-order valence-corrected chi connectivity index (χ1v) is 8.84. The quantitative estimate of drug-likeness (QED) is 0.790. The van der Waals surface area contributed by atoms with Crippen LogP contribution in [0.2, 0.25) is 0 Å². The van der Waals surface area contributed by atoms with E-state index in [1.807, 2.05) is 0 Å². The van der Waals surface area contributed by atoms with E-state index in [0.29, 0.717) is 32.2 Å². The summed E-state index contributed by atoms with van der Waals surface area (Å²) >= 11 is 0. The van der Waals surface area contributed by atoms with Crippen LogP contribution in [0.3, 0.4) is 0 Å². The Morgan fingerprint density at radius 2 is 2.14 bits per heavy atom. The fourth-order valence-electron chi connectivity index (χ4n) is 2.92. The van der Waals surface area contributed by atoms with Crippen molar-refractivity contribution in [1.82, 2.24) is 9.78 Å². The third-order valence-electron chi connectivity index (χ3n) is 4.32. The topological polar surface area (TPSA) is 115 Å². The van der Waals surface area contributed by atoms with Gasteiger partial charge >= 0.3 is 0 Å². The van der Waals surface area contributed by atoms with Crippen molar-refractivity contribution in [3.63, 3.8) is 0 Å². The molecule has 0 aliphatic heterocycles. The molecule has 1 saturated carbocycles. The second kappa shape index (κ2) is 5.76. The molecule has 0 bridgehead atoms. The van der Waals surface area contributed by atoms with E-state index in [4.69, 9.17) is 5.73 Å².